The first-order valence-corrected chi connectivity index (χ1v) is 11.8. The van der Waals surface area contributed by atoms with Crippen molar-refractivity contribution in [3.05, 3.63) is 83.4 Å². The SMILES string of the molecule is CCN(Cc1cc(C)ccc1-c1cc(CC(=O)O)ccc1OC)C(=O)CSc1ccccc1. The number of hydrogen-bond donors (Lipinski definition) is 1. The van der Waals surface area contributed by atoms with Gasteiger partial charge in [0.05, 0.1) is 19.3 Å². The Morgan fingerprint density at radius 2 is 1.76 bits per heavy atom. The van der Waals surface area contributed by atoms with Crippen molar-refractivity contribution in [2.24, 2.45) is 0 Å². The van der Waals surface area contributed by atoms with Crippen LogP contribution >= 0.6 is 11.8 Å². The van der Waals surface area contributed by atoms with Crippen LogP contribution in [0.25, 0.3) is 11.1 Å². The second kappa shape index (κ2) is 11.6. The maximum absolute atomic E-state index is 13.0. The van der Waals surface area contributed by atoms with Crippen LogP contribution in [0.4, 0.5) is 0 Å². The van der Waals surface area contributed by atoms with Gasteiger partial charge in [-0.3, -0.25) is 9.59 Å². The molecule has 172 valence electrons. The summed E-state index contributed by atoms with van der Waals surface area (Å²) >= 11 is 1.53. The number of aliphatic carboxylic acids is 1. The minimum atomic E-state index is -0.881. The third-order valence-corrected chi connectivity index (χ3v) is 6.37. The molecule has 1 N–H and O–H groups in total. The Kier molecular flexibility index (Phi) is 8.55. The van der Waals surface area contributed by atoms with Crippen LogP contribution in [0.5, 0.6) is 5.75 Å². The lowest BCUT2D eigenvalue weighted by molar-refractivity contribution is -0.136. The molecule has 33 heavy (non-hydrogen) atoms. The van der Waals surface area contributed by atoms with Gasteiger partial charge in [-0.1, -0.05) is 48.0 Å². The molecule has 0 bridgehead atoms. The van der Waals surface area contributed by atoms with Crippen molar-refractivity contribution in [1.82, 2.24) is 4.90 Å². The van der Waals surface area contributed by atoms with Gasteiger partial charge in [-0.2, -0.15) is 0 Å². The Bertz CT molecular complexity index is 1110. The Hall–Kier alpha value is -3.25. The largest absolute Gasteiger partial charge is 0.496 e. The summed E-state index contributed by atoms with van der Waals surface area (Å²) in [5, 5.41) is 9.21. The molecule has 3 rings (SSSR count). The fraction of sp³-hybridized carbons (Fsp3) is 0.259. The van der Waals surface area contributed by atoms with Gasteiger partial charge in [0.2, 0.25) is 5.91 Å². The predicted molar refractivity (Wildman–Crippen MR) is 133 cm³/mol. The van der Waals surface area contributed by atoms with Crippen LogP contribution in [0.1, 0.15) is 23.6 Å². The first-order valence-electron chi connectivity index (χ1n) is 10.9. The Labute approximate surface area is 199 Å². The van der Waals surface area contributed by atoms with E-state index in [-0.39, 0.29) is 12.3 Å². The van der Waals surface area contributed by atoms with Gasteiger partial charge in [0.25, 0.3) is 0 Å². The van der Waals surface area contributed by atoms with E-state index in [1.54, 1.807) is 19.2 Å². The van der Waals surface area contributed by atoms with Gasteiger partial charge in [0.15, 0.2) is 0 Å². The van der Waals surface area contributed by atoms with Gasteiger partial charge in [0, 0.05) is 23.5 Å². The average molecular weight is 464 g/mol. The van der Waals surface area contributed by atoms with Crippen LogP contribution in [-0.2, 0) is 22.6 Å². The summed E-state index contributed by atoms with van der Waals surface area (Å²) in [5.74, 6) is 0.235. The standard InChI is InChI=1S/C27H29NO4S/c1-4-28(26(29)18-33-22-8-6-5-7-9-22)17-21-14-19(2)10-12-23(21)24-15-20(16-27(30)31)11-13-25(24)32-3/h5-15H,4,16-18H2,1-3H3,(H,30,31). The van der Waals surface area contributed by atoms with Gasteiger partial charge < -0.3 is 14.7 Å². The molecule has 0 saturated carbocycles. The number of benzene rings is 3. The van der Waals surface area contributed by atoms with Crippen molar-refractivity contribution >= 4 is 23.6 Å². The number of carboxylic acids is 1. The molecule has 5 nitrogen and oxygen atoms in total. The highest BCUT2D eigenvalue weighted by Crippen LogP contribution is 2.35. The molecule has 0 radical (unpaired) electrons. The Morgan fingerprint density at radius 1 is 1.00 bits per heavy atom. The van der Waals surface area contributed by atoms with Gasteiger partial charge in [0.1, 0.15) is 5.75 Å². The second-order valence-corrected chi connectivity index (χ2v) is 8.82. The van der Waals surface area contributed by atoms with Gasteiger partial charge in [-0.15, -0.1) is 11.8 Å². The smallest absolute Gasteiger partial charge is 0.307 e. The van der Waals surface area contributed by atoms with Crippen LogP contribution in [0, 0.1) is 6.92 Å². The topological polar surface area (TPSA) is 66.8 Å². The molecular weight excluding hydrogens is 434 g/mol. The average Bonchev–Trinajstić information content (AvgIpc) is 2.81. The zero-order valence-electron chi connectivity index (χ0n) is 19.2. The molecule has 0 unspecified atom stereocenters. The van der Waals surface area contributed by atoms with E-state index in [9.17, 15) is 14.7 Å². The molecule has 0 saturated heterocycles. The molecule has 6 heteroatoms. The number of carboxylic acid groups (broad SMARTS) is 1. The van der Waals surface area contributed by atoms with E-state index in [0.29, 0.717) is 30.2 Å². The number of aryl methyl sites for hydroxylation is 1. The molecule has 0 aromatic heterocycles. The maximum atomic E-state index is 13.0. The van der Waals surface area contributed by atoms with E-state index in [1.165, 1.54) is 11.8 Å². The molecular formula is C27H29NO4S. The van der Waals surface area contributed by atoms with Gasteiger partial charge in [-0.05, 0) is 54.8 Å². The monoisotopic (exact) mass is 463 g/mol. The number of carbonyl (C=O) groups excluding carboxylic acids is 1. The summed E-state index contributed by atoms with van der Waals surface area (Å²) in [6, 6.07) is 21.5. The number of methoxy groups -OCH3 is 1. The zero-order valence-corrected chi connectivity index (χ0v) is 20.0. The zero-order chi connectivity index (χ0) is 23.8. The molecule has 3 aromatic carbocycles. The van der Waals surface area contributed by atoms with Crippen LogP contribution in [0.2, 0.25) is 0 Å². The summed E-state index contributed by atoms with van der Waals surface area (Å²) < 4.78 is 5.58. The summed E-state index contributed by atoms with van der Waals surface area (Å²) in [4.78, 5) is 27.1. The summed E-state index contributed by atoms with van der Waals surface area (Å²) in [7, 11) is 1.60. The van der Waals surface area contributed by atoms with Crippen LogP contribution < -0.4 is 4.74 Å². The summed E-state index contributed by atoms with van der Waals surface area (Å²) in [5.41, 5.74) is 4.56. The van der Waals surface area contributed by atoms with Crippen LogP contribution in [0.3, 0.4) is 0 Å². The summed E-state index contributed by atoms with van der Waals surface area (Å²) in [6.45, 7) is 5.06. The van der Waals surface area contributed by atoms with E-state index in [2.05, 4.69) is 6.07 Å². The third-order valence-electron chi connectivity index (χ3n) is 5.37. The molecule has 0 fully saturated rings. The highest BCUT2D eigenvalue weighted by Gasteiger charge is 2.18. The summed E-state index contributed by atoms with van der Waals surface area (Å²) in [6.07, 6.45) is -0.0610. The third kappa shape index (κ3) is 6.62. The number of amides is 1. The Balaban J connectivity index is 1.89. The second-order valence-electron chi connectivity index (χ2n) is 7.78. The van der Waals surface area contributed by atoms with E-state index < -0.39 is 5.97 Å². The lowest BCUT2D eigenvalue weighted by atomic mass is 9.94. The van der Waals surface area contributed by atoms with Crippen molar-refractivity contribution in [1.29, 1.82) is 0 Å². The van der Waals surface area contributed by atoms with E-state index in [0.717, 1.165) is 27.1 Å². The lowest BCUT2D eigenvalue weighted by Gasteiger charge is -2.23. The molecule has 0 heterocycles. The van der Waals surface area contributed by atoms with E-state index >= 15 is 0 Å². The molecule has 3 aromatic rings. The van der Waals surface area contributed by atoms with Crippen molar-refractivity contribution in [3.63, 3.8) is 0 Å². The highest BCUT2D eigenvalue weighted by atomic mass is 32.2. The minimum absolute atomic E-state index is 0.0610. The van der Waals surface area contributed by atoms with Crippen LogP contribution in [0.15, 0.2) is 71.6 Å². The lowest BCUT2D eigenvalue weighted by Crippen LogP contribution is -2.32. The molecule has 0 spiro atoms. The molecule has 0 atom stereocenters. The normalized spacial score (nSPS) is 10.6. The van der Waals surface area contributed by atoms with Crippen molar-refractivity contribution in [2.75, 3.05) is 19.4 Å². The van der Waals surface area contributed by atoms with Gasteiger partial charge >= 0.3 is 5.97 Å². The van der Waals surface area contributed by atoms with Gasteiger partial charge in [-0.25, -0.2) is 0 Å². The van der Waals surface area contributed by atoms with Crippen molar-refractivity contribution in [2.45, 2.75) is 31.7 Å². The van der Waals surface area contributed by atoms with Crippen molar-refractivity contribution in [3.8, 4) is 16.9 Å². The molecule has 0 aliphatic carbocycles. The van der Waals surface area contributed by atoms with Crippen LogP contribution in [-0.4, -0.2) is 41.3 Å². The fourth-order valence-electron chi connectivity index (χ4n) is 3.70. The maximum Gasteiger partial charge on any atom is 0.307 e. The van der Waals surface area contributed by atoms with E-state index in [1.807, 2.05) is 67.3 Å². The molecule has 0 aliphatic rings. The number of ether oxygens (including phenoxy) is 1. The first-order chi connectivity index (χ1) is 15.9. The molecule has 1 amide bonds. The minimum Gasteiger partial charge on any atom is -0.496 e. The fourth-order valence-corrected chi connectivity index (χ4v) is 4.52. The predicted octanol–water partition coefficient (Wildman–Crippen LogP) is 5.44. The number of nitrogens with zero attached hydrogens (tertiary/aromatic N) is 1. The van der Waals surface area contributed by atoms with Crippen molar-refractivity contribution < 1.29 is 19.4 Å². The number of thioether (sulfide) groups is 1. The number of hydrogen-bond acceptors (Lipinski definition) is 4. The quantitative estimate of drug-likeness (QED) is 0.406. The Morgan fingerprint density at radius 3 is 2.42 bits per heavy atom. The highest BCUT2D eigenvalue weighted by molar-refractivity contribution is 8.00. The van der Waals surface area contributed by atoms with E-state index in [4.69, 9.17) is 4.74 Å². The number of carbonyl (C=O) groups is 2. The first kappa shape index (κ1) is 24.4. The number of rotatable bonds is 10. The molecule has 0 aliphatic heterocycles.